The van der Waals surface area contributed by atoms with E-state index in [0.29, 0.717) is 30.0 Å². The van der Waals surface area contributed by atoms with Crippen molar-refractivity contribution in [3.05, 3.63) is 83.6 Å². The Kier molecular flexibility index (Phi) is 6.06. The van der Waals surface area contributed by atoms with E-state index in [9.17, 15) is 14.0 Å². The van der Waals surface area contributed by atoms with Crippen LogP contribution in [0.3, 0.4) is 0 Å². The summed E-state index contributed by atoms with van der Waals surface area (Å²) in [5.74, 6) is -0.136. The van der Waals surface area contributed by atoms with Gasteiger partial charge in [0.05, 0.1) is 12.4 Å². The Bertz CT molecular complexity index is 955. The molecule has 3 aromatic rings. The Hall–Kier alpha value is -3.61. The molecule has 0 bridgehead atoms. The lowest BCUT2D eigenvalue weighted by molar-refractivity contribution is 0.101. The maximum atomic E-state index is 12.9. The molecule has 6 nitrogen and oxygen atoms in total. The number of anilines is 2. The van der Waals surface area contributed by atoms with Crippen LogP contribution in [-0.4, -0.2) is 28.2 Å². The smallest absolute Gasteiger partial charge is 0.275 e. The number of rotatable bonds is 7. The third-order valence-electron chi connectivity index (χ3n) is 4.07. The first-order chi connectivity index (χ1) is 13.5. The van der Waals surface area contributed by atoms with Crippen LogP contribution in [0.4, 0.5) is 15.9 Å². The van der Waals surface area contributed by atoms with Gasteiger partial charge in [0.2, 0.25) is 0 Å². The van der Waals surface area contributed by atoms with Gasteiger partial charge in [-0.15, -0.1) is 0 Å². The fourth-order valence-electron chi connectivity index (χ4n) is 2.51. The molecule has 0 aliphatic rings. The molecule has 0 aliphatic carbocycles. The van der Waals surface area contributed by atoms with E-state index in [1.54, 1.807) is 36.4 Å². The van der Waals surface area contributed by atoms with Crippen LogP contribution in [0.25, 0.3) is 0 Å². The number of nitrogens with zero attached hydrogens (tertiary/aromatic N) is 2. The van der Waals surface area contributed by atoms with E-state index in [1.807, 2.05) is 0 Å². The number of carbonyl (C=O) groups excluding carboxylic acids is 2. The van der Waals surface area contributed by atoms with Crippen molar-refractivity contribution in [2.45, 2.75) is 13.3 Å². The molecule has 28 heavy (non-hydrogen) atoms. The second-order valence-corrected chi connectivity index (χ2v) is 6.18. The van der Waals surface area contributed by atoms with E-state index in [4.69, 9.17) is 0 Å². The lowest BCUT2D eigenvalue weighted by atomic mass is 10.1. The lowest BCUT2D eigenvalue weighted by Gasteiger charge is -2.07. The van der Waals surface area contributed by atoms with Crippen molar-refractivity contribution in [3.63, 3.8) is 0 Å². The second kappa shape index (κ2) is 8.85. The monoisotopic (exact) mass is 378 g/mol. The van der Waals surface area contributed by atoms with E-state index < -0.39 is 0 Å². The highest BCUT2D eigenvalue weighted by Crippen LogP contribution is 2.12. The van der Waals surface area contributed by atoms with Crippen LogP contribution in [0.1, 0.15) is 33.3 Å². The molecule has 0 radical (unpaired) electrons. The van der Waals surface area contributed by atoms with Gasteiger partial charge in [-0.05, 0) is 55.3 Å². The van der Waals surface area contributed by atoms with Crippen molar-refractivity contribution >= 4 is 23.2 Å². The van der Waals surface area contributed by atoms with Crippen molar-refractivity contribution in [1.82, 2.24) is 9.97 Å². The Morgan fingerprint density at radius 2 is 1.68 bits per heavy atom. The zero-order valence-corrected chi connectivity index (χ0v) is 15.3. The standard InChI is InChI=1S/C21H19FN4O2/c1-14(27)16-4-8-18(9-5-16)26-21(28)19-12-25-20(13-24-19)23-11-10-15-2-6-17(22)7-3-15/h2-9,12-13H,10-11H2,1H3,(H,23,25)(H,26,28). The molecule has 2 aromatic carbocycles. The zero-order chi connectivity index (χ0) is 19.9. The van der Waals surface area contributed by atoms with Crippen molar-refractivity contribution < 1.29 is 14.0 Å². The number of ketones is 1. The molecule has 3 rings (SSSR count). The molecule has 0 spiro atoms. The minimum absolute atomic E-state index is 0.0359. The first kappa shape index (κ1) is 19.2. The molecule has 0 saturated heterocycles. The summed E-state index contributed by atoms with van der Waals surface area (Å²) in [4.78, 5) is 31.8. The van der Waals surface area contributed by atoms with E-state index in [0.717, 1.165) is 5.56 Å². The Labute approximate surface area is 161 Å². The molecule has 142 valence electrons. The van der Waals surface area contributed by atoms with Gasteiger partial charge in [-0.25, -0.2) is 14.4 Å². The lowest BCUT2D eigenvalue weighted by Crippen LogP contribution is -2.15. The van der Waals surface area contributed by atoms with Crippen LogP contribution in [0.5, 0.6) is 0 Å². The van der Waals surface area contributed by atoms with Gasteiger partial charge in [0, 0.05) is 17.8 Å². The predicted octanol–water partition coefficient (Wildman–Crippen LogP) is 3.73. The molecule has 0 saturated carbocycles. The minimum atomic E-state index is -0.388. The van der Waals surface area contributed by atoms with Gasteiger partial charge in [-0.1, -0.05) is 12.1 Å². The van der Waals surface area contributed by atoms with Gasteiger partial charge in [-0.3, -0.25) is 9.59 Å². The number of benzene rings is 2. The van der Waals surface area contributed by atoms with Crippen molar-refractivity contribution in [2.24, 2.45) is 0 Å². The summed E-state index contributed by atoms with van der Waals surface area (Å²) < 4.78 is 12.9. The average Bonchev–Trinajstić information content (AvgIpc) is 2.70. The first-order valence-corrected chi connectivity index (χ1v) is 8.74. The van der Waals surface area contributed by atoms with E-state index in [1.165, 1.54) is 31.5 Å². The predicted molar refractivity (Wildman–Crippen MR) is 105 cm³/mol. The molecule has 2 N–H and O–H groups in total. The zero-order valence-electron chi connectivity index (χ0n) is 15.3. The maximum absolute atomic E-state index is 12.9. The van der Waals surface area contributed by atoms with E-state index in [-0.39, 0.29) is 23.2 Å². The van der Waals surface area contributed by atoms with Crippen LogP contribution in [0.2, 0.25) is 0 Å². The maximum Gasteiger partial charge on any atom is 0.275 e. The largest absolute Gasteiger partial charge is 0.368 e. The number of carbonyl (C=O) groups is 2. The number of aromatic nitrogens is 2. The van der Waals surface area contributed by atoms with Gasteiger partial charge >= 0.3 is 0 Å². The van der Waals surface area contributed by atoms with Gasteiger partial charge in [0.25, 0.3) is 5.91 Å². The number of nitrogens with one attached hydrogen (secondary N) is 2. The van der Waals surface area contributed by atoms with Gasteiger partial charge in [-0.2, -0.15) is 0 Å². The highest BCUT2D eigenvalue weighted by Gasteiger charge is 2.09. The SMILES string of the molecule is CC(=O)c1ccc(NC(=O)c2cnc(NCCc3ccc(F)cc3)cn2)cc1. The molecule has 7 heteroatoms. The van der Waals surface area contributed by atoms with Gasteiger partial charge in [0.15, 0.2) is 5.78 Å². The normalized spacial score (nSPS) is 10.4. The summed E-state index contributed by atoms with van der Waals surface area (Å²) >= 11 is 0. The van der Waals surface area contributed by atoms with E-state index >= 15 is 0 Å². The molecule has 1 amide bonds. The topological polar surface area (TPSA) is 84.0 Å². The summed E-state index contributed by atoms with van der Waals surface area (Å²) in [5.41, 5.74) is 2.33. The fraction of sp³-hybridized carbons (Fsp3) is 0.143. The third kappa shape index (κ3) is 5.20. The number of Topliss-reactive ketones (excluding diaryl/α,β-unsaturated/α-hetero) is 1. The highest BCUT2D eigenvalue weighted by molar-refractivity contribution is 6.03. The fourth-order valence-corrected chi connectivity index (χ4v) is 2.51. The number of hydrogen-bond acceptors (Lipinski definition) is 5. The average molecular weight is 378 g/mol. The Morgan fingerprint density at radius 3 is 2.29 bits per heavy atom. The summed E-state index contributed by atoms with van der Waals surface area (Å²) in [6, 6.07) is 12.9. The van der Waals surface area contributed by atoms with Crippen molar-refractivity contribution in [2.75, 3.05) is 17.2 Å². The van der Waals surface area contributed by atoms with Crippen LogP contribution in [0, 0.1) is 5.82 Å². The summed E-state index contributed by atoms with van der Waals surface area (Å²) in [5, 5.41) is 5.82. The van der Waals surface area contributed by atoms with Crippen LogP contribution >= 0.6 is 0 Å². The van der Waals surface area contributed by atoms with Crippen LogP contribution < -0.4 is 10.6 Å². The van der Waals surface area contributed by atoms with Gasteiger partial charge in [0.1, 0.15) is 17.3 Å². The summed E-state index contributed by atoms with van der Waals surface area (Å²) in [6.07, 6.45) is 3.58. The number of hydrogen-bond donors (Lipinski definition) is 2. The molecule has 0 unspecified atom stereocenters. The number of amides is 1. The molecule has 1 heterocycles. The molecule has 0 aliphatic heterocycles. The van der Waals surface area contributed by atoms with Gasteiger partial charge < -0.3 is 10.6 Å². The molecule has 0 fully saturated rings. The first-order valence-electron chi connectivity index (χ1n) is 8.74. The summed E-state index contributed by atoms with van der Waals surface area (Å²) in [7, 11) is 0. The third-order valence-corrected chi connectivity index (χ3v) is 4.07. The quantitative estimate of drug-likeness (QED) is 0.612. The molecule has 0 atom stereocenters. The second-order valence-electron chi connectivity index (χ2n) is 6.18. The van der Waals surface area contributed by atoms with Crippen LogP contribution in [-0.2, 0) is 6.42 Å². The molecular weight excluding hydrogens is 359 g/mol. The van der Waals surface area contributed by atoms with E-state index in [2.05, 4.69) is 20.6 Å². The van der Waals surface area contributed by atoms with Crippen molar-refractivity contribution in [1.29, 1.82) is 0 Å². The molecule has 1 aromatic heterocycles. The van der Waals surface area contributed by atoms with Crippen molar-refractivity contribution in [3.8, 4) is 0 Å². The summed E-state index contributed by atoms with van der Waals surface area (Å²) in [6.45, 7) is 2.09. The molecular formula is C21H19FN4O2. The van der Waals surface area contributed by atoms with Crippen LogP contribution in [0.15, 0.2) is 60.9 Å². The highest BCUT2D eigenvalue weighted by atomic mass is 19.1. The Morgan fingerprint density at radius 1 is 0.964 bits per heavy atom. The Balaban J connectivity index is 1.52. The minimum Gasteiger partial charge on any atom is -0.368 e. The number of halogens is 1.